The Kier molecular flexibility index (Phi) is 4.67. The number of nitrogens with zero attached hydrogens (tertiary/aromatic N) is 6. The lowest BCUT2D eigenvalue weighted by molar-refractivity contribution is 0.396. The summed E-state index contributed by atoms with van der Waals surface area (Å²) in [5.41, 5.74) is 2.67. The van der Waals surface area contributed by atoms with Crippen molar-refractivity contribution in [2.24, 2.45) is 11.8 Å². The molecule has 31 heavy (non-hydrogen) atoms. The fraction of sp³-hybridized carbons (Fsp3) is 0.476. The van der Waals surface area contributed by atoms with E-state index in [1.165, 1.54) is 7.11 Å². The average Bonchev–Trinajstić information content (AvgIpc) is 3.43. The van der Waals surface area contributed by atoms with Crippen LogP contribution in [-0.4, -0.2) is 65.8 Å². The summed E-state index contributed by atoms with van der Waals surface area (Å²) < 4.78 is 35.6. The van der Waals surface area contributed by atoms with Crippen LogP contribution >= 0.6 is 0 Å². The van der Waals surface area contributed by atoms with Crippen molar-refractivity contribution >= 4 is 21.5 Å². The summed E-state index contributed by atoms with van der Waals surface area (Å²) in [6, 6.07) is 7.40. The van der Waals surface area contributed by atoms with Gasteiger partial charge in [-0.05, 0) is 68.0 Å². The number of anilines is 1. The van der Waals surface area contributed by atoms with Crippen LogP contribution in [0.4, 0.5) is 5.82 Å². The molecule has 0 saturated carbocycles. The Bertz CT molecular complexity index is 1260. The lowest BCUT2D eigenvalue weighted by atomic mass is 10.0. The Morgan fingerprint density at radius 2 is 1.65 bits per heavy atom. The molecule has 0 radical (unpaired) electrons. The van der Waals surface area contributed by atoms with Crippen molar-refractivity contribution in [3.05, 3.63) is 41.2 Å². The van der Waals surface area contributed by atoms with Gasteiger partial charge in [0.2, 0.25) is 10.0 Å². The van der Waals surface area contributed by atoms with Crippen molar-refractivity contribution in [3.63, 3.8) is 0 Å². The van der Waals surface area contributed by atoms with Gasteiger partial charge in [-0.25, -0.2) is 8.42 Å². The Labute approximate surface area is 181 Å². The molecule has 2 unspecified atom stereocenters. The average molecular weight is 443 g/mol. The fourth-order valence-electron chi connectivity index (χ4n) is 4.65. The van der Waals surface area contributed by atoms with Gasteiger partial charge in [-0.3, -0.25) is 0 Å². The van der Waals surface area contributed by atoms with Gasteiger partial charge in [-0.2, -0.15) is 8.82 Å². The number of aromatic nitrogens is 4. The van der Waals surface area contributed by atoms with Crippen molar-refractivity contribution in [1.29, 1.82) is 0 Å². The van der Waals surface area contributed by atoms with Crippen molar-refractivity contribution in [2.45, 2.75) is 25.7 Å². The SMILES string of the molecule is COc1cc(C)c(C)cc1S(=O)(=O)N1CC2CN(c3ccc4nnc(C)n4n3)CC2C1. The van der Waals surface area contributed by atoms with E-state index in [-0.39, 0.29) is 16.7 Å². The number of methoxy groups -OCH3 is 1. The summed E-state index contributed by atoms with van der Waals surface area (Å²) in [4.78, 5) is 2.49. The minimum absolute atomic E-state index is 0.255. The van der Waals surface area contributed by atoms with E-state index >= 15 is 0 Å². The third-order valence-corrected chi connectivity index (χ3v) is 8.43. The van der Waals surface area contributed by atoms with E-state index in [9.17, 15) is 8.42 Å². The third kappa shape index (κ3) is 3.25. The molecule has 0 amide bonds. The lowest BCUT2D eigenvalue weighted by Gasteiger charge is -2.23. The summed E-state index contributed by atoms with van der Waals surface area (Å²) in [5, 5.41) is 12.8. The molecule has 1 aromatic carbocycles. The highest BCUT2D eigenvalue weighted by Crippen LogP contribution is 2.38. The van der Waals surface area contributed by atoms with Crippen LogP contribution in [0.15, 0.2) is 29.2 Å². The monoisotopic (exact) mass is 442 g/mol. The van der Waals surface area contributed by atoms with Crippen LogP contribution in [0, 0.1) is 32.6 Å². The topological polar surface area (TPSA) is 92.9 Å². The maximum Gasteiger partial charge on any atom is 0.246 e. The first-order valence-corrected chi connectivity index (χ1v) is 11.8. The summed E-state index contributed by atoms with van der Waals surface area (Å²) in [6.07, 6.45) is 0. The normalized spacial score (nSPS) is 21.7. The van der Waals surface area contributed by atoms with Crippen molar-refractivity contribution in [2.75, 3.05) is 38.2 Å². The quantitative estimate of drug-likeness (QED) is 0.608. The van der Waals surface area contributed by atoms with Gasteiger partial charge in [-0.15, -0.1) is 15.3 Å². The first kappa shape index (κ1) is 20.2. The molecule has 10 heteroatoms. The number of fused-ring (bicyclic) bond motifs is 2. The second-order valence-electron chi connectivity index (χ2n) is 8.54. The predicted molar refractivity (Wildman–Crippen MR) is 116 cm³/mol. The second kappa shape index (κ2) is 7.16. The smallest absolute Gasteiger partial charge is 0.246 e. The zero-order chi connectivity index (χ0) is 21.9. The number of rotatable bonds is 4. The maximum atomic E-state index is 13.4. The third-order valence-electron chi connectivity index (χ3n) is 6.58. The van der Waals surface area contributed by atoms with Gasteiger partial charge in [0.15, 0.2) is 11.5 Å². The van der Waals surface area contributed by atoms with Gasteiger partial charge in [0.05, 0.1) is 7.11 Å². The number of benzene rings is 1. The molecular formula is C21H26N6O3S. The minimum Gasteiger partial charge on any atom is -0.495 e. The first-order chi connectivity index (χ1) is 14.8. The molecular weight excluding hydrogens is 416 g/mol. The maximum absolute atomic E-state index is 13.4. The van der Waals surface area contributed by atoms with E-state index < -0.39 is 10.0 Å². The summed E-state index contributed by atoms with van der Waals surface area (Å²) in [5.74, 6) is 2.56. The molecule has 0 bridgehead atoms. The van der Waals surface area contributed by atoms with Gasteiger partial charge >= 0.3 is 0 Å². The highest BCUT2D eigenvalue weighted by molar-refractivity contribution is 7.89. The van der Waals surface area contributed by atoms with Crippen molar-refractivity contribution < 1.29 is 13.2 Å². The van der Waals surface area contributed by atoms with Crippen LogP contribution in [0.2, 0.25) is 0 Å². The van der Waals surface area contributed by atoms with E-state index in [1.54, 1.807) is 21.0 Å². The largest absolute Gasteiger partial charge is 0.495 e. The molecule has 9 nitrogen and oxygen atoms in total. The zero-order valence-corrected chi connectivity index (χ0v) is 18.9. The molecule has 2 aliphatic rings. The van der Waals surface area contributed by atoms with E-state index in [0.717, 1.165) is 41.5 Å². The van der Waals surface area contributed by atoms with E-state index in [0.29, 0.717) is 18.8 Å². The molecule has 2 aliphatic heterocycles. The molecule has 2 aromatic heterocycles. The molecule has 0 N–H and O–H groups in total. The number of hydrogen-bond acceptors (Lipinski definition) is 7. The molecule has 2 saturated heterocycles. The van der Waals surface area contributed by atoms with Gasteiger partial charge in [0.1, 0.15) is 16.5 Å². The molecule has 0 spiro atoms. The Morgan fingerprint density at radius 1 is 0.968 bits per heavy atom. The van der Waals surface area contributed by atoms with Gasteiger partial charge in [0, 0.05) is 26.2 Å². The molecule has 2 fully saturated rings. The highest BCUT2D eigenvalue weighted by Gasteiger charge is 2.45. The number of hydrogen-bond donors (Lipinski definition) is 0. The molecule has 2 atom stereocenters. The number of aryl methyl sites for hydroxylation is 3. The molecule has 4 heterocycles. The van der Waals surface area contributed by atoms with Crippen molar-refractivity contribution in [1.82, 2.24) is 24.1 Å². The van der Waals surface area contributed by atoms with Gasteiger partial charge in [-0.1, -0.05) is 0 Å². The van der Waals surface area contributed by atoms with E-state index in [2.05, 4.69) is 20.2 Å². The fourth-order valence-corrected chi connectivity index (χ4v) is 6.43. The molecule has 3 aromatic rings. The molecule has 164 valence electrons. The first-order valence-electron chi connectivity index (χ1n) is 10.4. The van der Waals surface area contributed by atoms with Crippen LogP contribution in [0.5, 0.6) is 5.75 Å². The zero-order valence-electron chi connectivity index (χ0n) is 18.1. The molecule has 5 rings (SSSR count). The van der Waals surface area contributed by atoms with Crippen LogP contribution in [0.3, 0.4) is 0 Å². The minimum atomic E-state index is -3.62. The van der Waals surface area contributed by atoms with Gasteiger partial charge < -0.3 is 9.64 Å². The summed E-state index contributed by atoms with van der Waals surface area (Å²) in [7, 11) is -2.10. The molecule has 0 aliphatic carbocycles. The van der Waals surface area contributed by atoms with E-state index in [4.69, 9.17) is 4.74 Å². The Morgan fingerprint density at radius 3 is 2.32 bits per heavy atom. The summed E-state index contributed by atoms with van der Waals surface area (Å²) in [6.45, 7) is 8.32. The standard InChI is InChI=1S/C21H26N6O3S/c1-13-7-18(30-4)19(8-14(13)2)31(28,29)26-11-16-9-25(10-17(16)12-26)21-6-5-20-23-22-15(3)27(20)24-21/h5-8,16-17H,9-12H2,1-4H3. The Hall–Kier alpha value is -2.72. The van der Waals surface area contributed by atoms with Crippen LogP contribution in [0.25, 0.3) is 5.65 Å². The highest BCUT2D eigenvalue weighted by atomic mass is 32.2. The van der Waals surface area contributed by atoms with Crippen LogP contribution in [0.1, 0.15) is 17.0 Å². The van der Waals surface area contributed by atoms with Crippen LogP contribution < -0.4 is 9.64 Å². The number of sulfonamides is 1. The Balaban J connectivity index is 1.36. The predicted octanol–water partition coefficient (Wildman–Crippen LogP) is 1.82. The van der Waals surface area contributed by atoms with E-state index in [1.807, 2.05) is 32.9 Å². The number of ether oxygens (including phenoxy) is 1. The van der Waals surface area contributed by atoms with Crippen molar-refractivity contribution in [3.8, 4) is 5.75 Å². The van der Waals surface area contributed by atoms with Crippen LogP contribution in [-0.2, 0) is 10.0 Å². The van der Waals surface area contributed by atoms with Gasteiger partial charge in [0.25, 0.3) is 0 Å². The summed E-state index contributed by atoms with van der Waals surface area (Å²) >= 11 is 0. The second-order valence-corrected chi connectivity index (χ2v) is 10.4. The lowest BCUT2D eigenvalue weighted by Crippen LogP contribution is -2.34.